The average Bonchev–Trinajstić information content (AvgIpc) is 1.30. The van der Waals surface area contributed by atoms with Crippen LogP contribution in [0.15, 0.2) is 309 Å². The van der Waals surface area contributed by atoms with Crippen molar-refractivity contribution in [2.75, 3.05) is 0 Å². The van der Waals surface area contributed by atoms with Gasteiger partial charge in [0.2, 0.25) is 0 Å². The molecule has 0 aliphatic heterocycles. The van der Waals surface area contributed by atoms with E-state index in [1.807, 2.05) is 152 Å². The summed E-state index contributed by atoms with van der Waals surface area (Å²) in [5.74, 6) is 0.626. The van der Waals surface area contributed by atoms with Crippen LogP contribution in [0.5, 0.6) is 5.75 Å². The summed E-state index contributed by atoms with van der Waals surface area (Å²) in [7, 11) is 0. The Morgan fingerprint density at radius 1 is 0.338 bits per heavy atom. The van der Waals surface area contributed by atoms with Crippen LogP contribution < -0.4 is 4.74 Å². The zero-order chi connectivity index (χ0) is 88.4. The van der Waals surface area contributed by atoms with Crippen molar-refractivity contribution in [2.24, 2.45) is 0 Å². The number of aliphatic hydroxyl groups excluding tert-OH is 6. The third-order valence-electron chi connectivity index (χ3n) is 21.8. The topological polar surface area (TPSA) is 251 Å². The van der Waals surface area contributed by atoms with Crippen molar-refractivity contribution in [1.82, 2.24) is 39.9 Å². The number of carbonyl (C=O) groups excluding carboxylic acids is 1. The monoisotopic (exact) mass is 2420 g/mol. The number of hydrogen-bond donors (Lipinski definition) is 6. The van der Waals surface area contributed by atoms with Gasteiger partial charge in [0, 0.05) is 156 Å². The summed E-state index contributed by atoms with van der Waals surface area (Å²) in [4.78, 5) is 50.5. The van der Waals surface area contributed by atoms with Crippen LogP contribution in [0.25, 0.3) is 175 Å². The predicted octanol–water partition coefficient (Wildman–Crippen LogP) is 25.2. The van der Waals surface area contributed by atoms with Crippen molar-refractivity contribution < 1.29 is 121 Å². The first-order valence-electron chi connectivity index (χ1n) is 41.6. The van der Waals surface area contributed by atoms with Crippen molar-refractivity contribution in [2.45, 2.75) is 101 Å². The van der Waals surface area contributed by atoms with Gasteiger partial charge in [-0.2, -0.15) is 0 Å². The van der Waals surface area contributed by atoms with E-state index in [0.29, 0.717) is 5.75 Å². The van der Waals surface area contributed by atoms with Crippen molar-refractivity contribution in [1.29, 1.82) is 0 Å². The van der Waals surface area contributed by atoms with Gasteiger partial charge in [-0.15, -0.1) is 117 Å². The molecule has 20 aromatic rings. The first-order valence-corrected chi connectivity index (χ1v) is 41.6. The van der Waals surface area contributed by atoms with Crippen molar-refractivity contribution >= 4 is 136 Å². The summed E-state index contributed by atoms with van der Waals surface area (Å²) in [6.45, 7) is 19.4. The van der Waals surface area contributed by atoms with Crippen LogP contribution in [0.1, 0.15) is 81.8 Å². The summed E-state index contributed by atoms with van der Waals surface area (Å²) < 4.78 is 5.30. The van der Waals surface area contributed by atoms with Crippen molar-refractivity contribution in [3.8, 4) is 50.8 Å². The molecule has 0 fully saturated rings. The number of ether oxygens (including phenoxy) is 1. The molecule has 1 aliphatic carbocycles. The number of aliphatic hydroxyl groups is 6. The van der Waals surface area contributed by atoms with E-state index < -0.39 is 18.3 Å². The van der Waals surface area contributed by atoms with E-state index >= 15 is 0 Å². The number of carbonyl (C=O) groups is 1. The summed E-state index contributed by atoms with van der Waals surface area (Å²) in [5.41, 5.74) is 22.8. The molecule has 0 bridgehead atoms. The van der Waals surface area contributed by atoms with Gasteiger partial charge in [-0.25, -0.2) is 0 Å². The molecule has 16 aromatic carbocycles. The fourth-order valence-corrected chi connectivity index (χ4v) is 16.1. The third kappa shape index (κ3) is 21.8. The van der Waals surface area contributed by atoms with Crippen LogP contribution in [0.3, 0.4) is 0 Å². The molecule has 1 aliphatic rings. The first kappa shape index (κ1) is 98.1. The van der Waals surface area contributed by atoms with E-state index in [1.54, 1.807) is 33.0 Å². The molecular formula is C110H92Ir4N8O8-4. The number of aryl methyl sites for hydroxylation is 4. The first-order chi connectivity index (χ1) is 61.0. The van der Waals surface area contributed by atoms with Gasteiger partial charge < -0.3 is 55.3 Å². The second kappa shape index (κ2) is 44.2. The molecule has 21 rings (SSSR count). The predicted molar refractivity (Wildman–Crippen MR) is 513 cm³/mol. The fourth-order valence-electron chi connectivity index (χ4n) is 16.1. The number of hydrogen-bond acceptors (Lipinski definition) is 16. The Morgan fingerprint density at radius 2 is 0.692 bits per heavy atom. The van der Waals surface area contributed by atoms with Crippen LogP contribution >= 0.6 is 0 Å². The molecule has 3 atom stereocenters. The van der Waals surface area contributed by atoms with Crippen molar-refractivity contribution in [3.05, 3.63) is 367 Å². The third-order valence-corrected chi connectivity index (χ3v) is 21.8. The Balaban J connectivity index is 0.000000154. The Kier molecular flexibility index (Phi) is 33.4. The molecule has 20 heteroatoms. The number of aromatic nitrogens is 8. The minimum absolute atomic E-state index is 0. The number of allylic oxidation sites excluding steroid dienone is 3. The Hall–Kier alpha value is -12.5. The molecule has 0 amide bonds. The molecule has 4 heterocycles. The maximum absolute atomic E-state index is 11.4. The normalized spacial score (nSPS) is 12.1. The van der Waals surface area contributed by atoms with Gasteiger partial charge in [0.05, 0.1) is 80.4 Å². The minimum Gasteiger partial charge on any atom is -0.513 e. The van der Waals surface area contributed by atoms with Crippen LogP contribution in [-0.2, 0) is 91.6 Å². The van der Waals surface area contributed by atoms with Crippen LogP contribution in [0, 0.1) is 52.0 Å². The van der Waals surface area contributed by atoms with Crippen LogP contribution in [0.4, 0.5) is 0 Å². The molecule has 16 nitrogen and oxygen atoms in total. The van der Waals surface area contributed by atoms with Gasteiger partial charge in [0.25, 0.3) is 0 Å². The van der Waals surface area contributed by atoms with E-state index in [1.165, 1.54) is 117 Å². The molecule has 4 radical (unpaired) electrons. The molecule has 6 N–H and O–H groups in total. The van der Waals surface area contributed by atoms with Crippen LogP contribution in [0.2, 0.25) is 0 Å². The number of esters is 1. The number of nitrogens with zero attached hydrogens (tertiary/aromatic N) is 8. The largest absolute Gasteiger partial charge is 0.513 e. The summed E-state index contributed by atoms with van der Waals surface area (Å²) in [6, 6.07) is 97.3. The molecule has 0 spiro atoms. The van der Waals surface area contributed by atoms with Gasteiger partial charge in [0.1, 0.15) is 5.75 Å². The zero-order valence-corrected chi connectivity index (χ0v) is 82.6. The fraction of sp³-hybridized carbons (Fsp3) is 0.136. The van der Waals surface area contributed by atoms with Gasteiger partial charge in [-0.05, 0) is 141 Å². The Bertz CT molecular complexity index is 7520. The molecule has 130 heavy (non-hydrogen) atoms. The van der Waals surface area contributed by atoms with Gasteiger partial charge in [0.15, 0.2) is 0 Å². The summed E-state index contributed by atoms with van der Waals surface area (Å²) in [6.07, 6.45) is 10.9. The summed E-state index contributed by atoms with van der Waals surface area (Å²) in [5, 5.41) is 68.8. The maximum atomic E-state index is 11.4. The standard InChI is InChI=1S/C26H21N2.C24H15N2O2.C23H13N2.C22H13N2.3C5H10O2.4Ir/c1-15-10-12-20-23(17(15)3)24-18(4)16(2)11-13-21(24)26-25(20)27-14-22(28-26)19-8-6-5-7-9-19;1-15(27)28-17-11-12-19-18-9-5-6-10-20(18)23-24(21(19)13-17)26-22(14-25-23)16-7-3-2-4-8-16;1-2-6-14(7-3-1)19-13-24-22-17-10-4-8-15-12-16-9-5-11-18(23(22)25-19)21(16)20(15)17;1-2-8-15(9-3-1)20-14-23-21-18-12-6-4-10-16(18)17-11-5-7-13-19(17)22(21)24-20;3*1-4(6)3-5(2)7;;;;/h5-11,13-14H,1-4H3;2-9,11-14H,1H3;1-9,11,13H,12H2;1-11,13-14H;3*3-4,6-7H,1-2H3;;;;/q4*-1;;;;;;;. The van der Waals surface area contributed by atoms with Crippen LogP contribution in [-0.4, -0.2) is 94.8 Å². The van der Waals surface area contributed by atoms with E-state index in [2.05, 4.69) is 161 Å². The second-order valence-electron chi connectivity index (χ2n) is 31.2. The maximum Gasteiger partial charge on any atom is 0.308 e. The van der Waals surface area contributed by atoms with Crippen molar-refractivity contribution in [3.63, 3.8) is 0 Å². The van der Waals surface area contributed by atoms with Gasteiger partial charge in [-0.1, -0.05) is 228 Å². The van der Waals surface area contributed by atoms with E-state index in [-0.39, 0.29) is 104 Å². The number of fused-ring (bicyclic) bond motifs is 21. The average molecular weight is 2420 g/mol. The molecule has 3 unspecified atom stereocenters. The minimum atomic E-state index is -0.537. The zero-order valence-electron chi connectivity index (χ0n) is 73.1. The SMILES string of the molecule is CC(=O)Oc1ccc2c3ccc[c-]c3c3ncc(-c4ccccc4)nc3c2c1.CC(O)=CC(C)O.CC(O)=CC(C)O.CC(O)=CC(C)O.Cc1c[c-]c2c3ncc(-c4ccccc4)nc3c3ccc(C)c(C)c3c2c1C.[Ir].[Ir].[Ir].[Ir].[c-]1ccc2c3c1c1ncc(-c4ccccc4)nc1c1cccc(c13)C2.[c-]1cccc2c1c1ncc(-c3ccccc3)nc1c1ccccc21. The molecule has 0 saturated carbocycles. The smallest absolute Gasteiger partial charge is 0.308 e. The Morgan fingerprint density at radius 3 is 1.12 bits per heavy atom. The van der Waals surface area contributed by atoms with E-state index in [0.717, 1.165) is 144 Å². The van der Waals surface area contributed by atoms with Gasteiger partial charge >= 0.3 is 5.97 Å². The Labute approximate surface area is 808 Å². The molecule has 0 saturated heterocycles. The van der Waals surface area contributed by atoms with E-state index in [4.69, 9.17) is 75.2 Å². The summed E-state index contributed by atoms with van der Waals surface area (Å²) >= 11 is 0. The van der Waals surface area contributed by atoms with Gasteiger partial charge in [-0.3, -0.25) is 24.7 Å². The second-order valence-corrected chi connectivity index (χ2v) is 31.2. The molecule has 4 aromatic heterocycles. The van der Waals surface area contributed by atoms with E-state index in [9.17, 15) is 4.79 Å². The molecular weight excluding hydrogens is 2330 g/mol. The quantitative estimate of drug-likeness (QED) is 0.0272. The molecule has 660 valence electrons. The number of rotatable bonds is 8. The number of benzene rings is 16.